The van der Waals surface area contributed by atoms with Gasteiger partial charge in [-0.3, -0.25) is 14.5 Å². The number of likely N-dealkylation sites (N-methyl/N-ethyl adjacent to an activating group) is 1. The van der Waals surface area contributed by atoms with Gasteiger partial charge in [0.1, 0.15) is 0 Å². The summed E-state index contributed by atoms with van der Waals surface area (Å²) in [6.45, 7) is 0.936. The zero-order valence-corrected chi connectivity index (χ0v) is 13.9. The summed E-state index contributed by atoms with van der Waals surface area (Å²) in [7, 11) is 1.70. The summed E-state index contributed by atoms with van der Waals surface area (Å²) in [5, 5.41) is 0.992. The highest BCUT2D eigenvalue weighted by Gasteiger charge is 2.30. The number of primary amides is 1. The van der Waals surface area contributed by atoms with Crippen LogP contribution in [0.1, 0.15) is 24.4 Å². The van der Waals surface area contributed by atoms with Crippen LogP contribution in [0.5, 0.6) is 0 Å². The first-order chi connectivity index (χ1) is 10.4. The lowest BCUT2D eigenvalue weighted by Crippen LogP contribution is -2.41. The molecule has 0 radical (unpaired) electrons. The van der Waals surface area contributed by atoms with Gasteiger partial charge in [0.15, 0.2) is 0 Å². The fourth-order valence-corrected chi connectivity index (χ4v) is 3.08. The second kappa shape index (κ2) is 7.31. The first kappa shape index (κ1) is 17.1. The third-order valence-electron chi connectivity index (χ3n) is 3.73. The maximum absolute atomic E-state index is 12.4. The predicted octanol–water partition coefficient (Wildman–Crippen LogP) is 2.07. The van der Waals surface area contributed by atoms with Crippen molar-refractivity contribution < 1.29 is 9.59 Å². The van der Waals surface area contributed by atoms with E-state index in [2.05, 4.69) is 0 Å². The highest BCUT2D eigenvalue weighted by Crippen LogP contribution is 2.34. The van der Waals surface area contributed by atoms with E-state index in [1.165, 1.54) is 0 Å². The minimum atomic E-state index is -0.447. The number of carbonyl (C=O) groups is 2. The quantitative estimate of drug-likeness (QED) is 0.889. The van der Waals surface area contributed by atoms with Gasteiger partial charge < -0.3 is 10.6 Å². The highest BCUT2D eigenvalue weighted by atomic mass is 35.5. The van der Waals surface area contributed by atoms with E-state index in [9.17, 15) is 9.59 Å². The molecule has 1 saturated heterocycles. The number of likely N-dealkylation sites (tertiary alicyclic amines) is 1. The number of carbonyl (C=O) groups excluding carboxylic acids is 2. The highest BCUT2D eigenvalue weighted by molar-refractivity contribution is 6.42. The van der Waals surface area contributed by atoms with Crippen molar-refractivity contribution >= 4 is 35.0 Å². The molecule has 1 aliphatic heterocycles. The zero-order chi connectivity index (χ0) is 16.3. The summed E-state index contributed by atoms with van der Waals surface area (Å²) in [5.41, 5.74) is 6.12. The van der Waals surface area contributed by atoms with Crippen molar-refractivity contribution in [3.05, 3.63) is 33.8 Å². The number of nitrogens with two attached hydrogens (primary N) is 1. The van der Waals surface area contributed by atoms with E-state index in [0.717, 1.165) is 18.4 Å². The van der Waals surface area contributed by atoms with Crippen molar-refractivity contribution in [2.75, 3.05) is 26.7 Å². The smallest absolute Gasteiger partial charge is 0.237 e. The van der Waals surface area contributed by atoms with E-state index in [-0.39, 0.29) is 25.0 Å². The van der Waals surface area contributed by atoms with Crippen LogP contribution in [0, 0.1) is 0 Å². The molecule has 2 N–H and O–H groups in total. The van der Waals surface area contributed by atoms with E-state index in [0.29, 0.717) is 16.6 Å². The van der Waals surface area contributed by atoms with Crippen LogP contribution in [-0.4, -0.2) is 48.3 Å². The van der Waals surface area contributed by atoms with Gasteiger partial charge in [-0.15, -0.1) is 0 Å². The summed E-state index contributed by atoms with van der Waals surface area (Å²) in [5.74, 6) is -0.463. The maximum atomic E-state index is 12.4. The van der Waals surface area contributed by atoms with E-state index in [1.54, 1.807) is 18.0 Å². The number of halogens is 2. The Labute approximate surface area is 139 Å². The van der Waals surface area contributed by atoms with E-state index in [4.69, 9.17) is 28.9 Å². The fraction of sp³-hybridized carbons (Fsp3) is 0.467. The molecule has 1 aromatic rings. The molecule has 0 unspecified atom stereocenters. The van der Waals surface area contributed by atoms with E-state index < -0.39 is 5.91 Å². The van der Waals surface area contributed by atoms with Gasteiger partial charge in [0, 0.05) is 6.54 Å². The Hall–Kier alpha value is -1.30. The predicted molar refractivity (Wildman–Crippen MR) is 86.8 cm³/mol. The molecule has 1 aliphatic rings. The number of rotatable bonds is 5. The van der Waals surface area contributed by atoms with Gasteiger partial charge in [0.25, 0.3) is 0 Å². The number of nitrogens with zero attached hydrogens (tertiary/aromatic N) is 2. The molecule has 0 aliphatic carbocycles. The minimum absolute atomic E-state index is 0.00393. The van der Waals surface area contributed by atoms with Crippen LogP contribution in [0.15, 0.2) is 18.2 Å². The first-order valence-corrected chi connectivity index (χ1v) is 7.85. The molecule has 0 saturated carbocycles. The third-order valence-corrected chi connectivity index (χ3v) is 4.47. The van der Waals surface area contributed by atoms with Gasteiger partial charge in [-0.1, -0.05) is 29.3 Å². The summed E-state index contributed by atoms with van der Waals surface area (Å²) in [6.07, 6.45) is 1.83. The monoisotopic (exact) mass is 343 g/mol. The molecule has 22 heavy (non-hydrogen) atoms. The average molecular weight is 344 g/mol. The molecule has 1 heterocycles. The number of benzene rings is 1. The molecule has 2 rings (SSSR count). The van der Waals surface area contributed by atoms with Gasteiger partial charge in [-0.25, -0.2) is 0 Å². The van der Waals surface area contributed by atoms with Crippen molar-refractivity contribution in [2.45, 2.75) is 18.9 Å². The van der Waals surface area contributed by atoms with Gasteiger partial charge in [0.2, 0.25) is 11.8 Å². The standard InChI is InChI=1S/C15H19Cl2N3O2/c1-19(8-14(18)21)9-15(22)20-6-2-3-13(20)10-4-5-11(16)12(17)7-10/h4-5,7,13H,2-3,6,8-9H2,1H3,(H2,18,21)/t13-/m0/s1. The van der Waals surface area contributed by atoms with Crippen LogP contribution in [-0.2, 0) is 9.59 Å². The molecule has 0 aromatic heterocycles. The van der Waals surface area contributed by atoms with Crippen LogP contribution in [0.2, 0.25) is 10.0 Å². The van der Waals surface area contributed by atoms with Gasteiger partial charge in [-0.05, 0) is 37.6 Å². The average Bonchev–Trinajstić information content (AvgIpc) is 2.90. The Bertz CT molecular complexity index is 580. The zero-order valence-electron chi connectivity index (χ0n) is 12.4. The fourth-order valence-electron chi connectivity index (χ4n) is 2.78. The Morgan fingerprint density at radius 2 is 2.05 bits per heavy atom. The van der Waals surface area contributed by atoms with Gasteiger partial charge in [-0.2, -0.15) is 0 Å². The second-order valence-corrected chi connectivity index (χ2v) is 6.37. The van der Waals surface area contributed by atoms with Crippen LogP contribution in [0.25, 0.3) is 0 Å². The van der Waals surface area contributed by atoms with E-state index in [1.807, 2.05) is 17.0 Å². The van der Waals surface area contributed by atoms with Crippen LogP contribution < -0.4 is 5.73 Å². The molecule has 120 valence electrons. The molecule has 1 fully saturated rings. The van der Waals surface area contributed by atoms with Crippen LogP contribution in [0.3, 0.4) is 0 Å². The van der Waals surface area contributed by atoms with Crippen molar-refractivity contribution in [1.29, 1.82) is 0 Å². The van der Waals surface area contributed by atoms with E-state index >= 15 is 0 Å². The first-order valence-electron chi connectivity index (χ1n) is 7.09. The summed E-state index contributed by atoms with van der Waals surface area (Å²) < 4.78 is 0. The number of hydrogen-bond acceptors (Lipinski definition) is 3. The molecule has 7 heteroatoms. The Morgan fingerprint density at radius 1 is 1.32 bits per heavy atom. The van der Waals surface area contributed by atoms with Crippen molar-refractivity contribution in [1.82, 2.24) is 9.80 Å². The molecule has 1 aromatic carbocycles. The third kappa shape index (κ3) is 4.12. The maximum Gasteiger partial charge on any atom is 0.237 e. The summed E-state index contributed by atoms with van der Waals surface area (Å²) in [4.78, 5) is 26.8. The van der Waals surface area contributed by atoms with Gasteiger partial charge >= 0.3 is 0 Å². The lowest BCUT2D eigenvalue weighted by Gasteiger charge is -2.27. The summed E-state index contributed by atoms with van der Waals surface area (Å²) in [6, 6.07) is 5.47. The molecular weight excluding hydrogens is 325 g/mol. The van der Waals surface area contributed by atoms with Crippen molar-refractivity contribution in [3.8, 4) is 0 Å². The van der Waals surface area contributed by atoms with Crippen LogP contribution >= 0.6 is 23.2 Å². The normalized spacial score (nSPS) is 18.0. The molecule has 2 amide bonds. The Kier molecular flexibility index (Phi) is 5.67. The van der Waals surface area contributed by atoms with Crippen LogP contribution in [0.4, 0.5) is 0 Å². The molecule has 0 spiro atoms. The molecular formula is C15H19Cl2N3O2. The Balaban J connectivity index is 2.08. The second-order valence-electron chi connectivity index (χ2n) is 5.56. The molecule has 5 nitrogen and oxygen atoms in total. The summed E-state index contributed by atoms with van der Waals surface area (Å²) >= 11 is 12.0. The lowest BCUT2D eigenvalue weighted by atomic mass is 10.0. The SMILES string of the molecule is CN(CC(N)=O)CC(=O)N1CCC[C@H]1c1ccc(Cl)c(Cl)c1. The largest absolute Gasteiger partial charge is 0.369 e. The lowest BCUT2D eigenvalue weighted by molar-refractivity contribution is -0.133. The molecule has 1 atom stereocenters. The Morgan fingerprint density at radius 3 is 2.68 bits per heavy atom. The minimum Gasteiger partial charge on any atom is -0.369 e. The topological polar surface area (TPSA) is 66.6 Å². The molecule has 0 bridgehead atoms. The van der Waals surface area contributed by atoms with Crippen molar-refractivity contribution in [3.63, 3.8) is 0 Å². The van der Waals surface area contributed by atoms with Gasteiger partial charge in [0.05, 0.1) is 29.2 Å². The number of hydrogen-bond donors (Lipinski definition) is 1. The van der Waals surface area contributed by atoms with Crippen molar-refractivity contribution in [2.24, 2.45) is 5.73 Å². The number of amides is 2.